The van der Waals surface area contributed by atoms with E-state index in [1.807, 2.05) is 66.7 Å². The van der Waals surface area contributed by atoms with Crippen molar-refractivity contribution in [1.82, 2.24) is 4.98 Å². The van der Waals surface area contributed by atoms with E-state index in [-0.39, 0.29) is 11.7 Å². The largest absolute Gasteiger partial charge is 0.280 e. The Morgan fingerprint density at radius 1 is 1.13 bits per heavy atom. The maximum atomic E-state index is 13.2. The summed E-state index contributed by atoms with van der Waals surface area (Å²) in [7, 11) is 0. The summed E-state index contributed by atoms with van der Waals surface area (Å²) in [6.07, 6.45) is 3.02. The van der Waals surface area contributed by atoms with Crippen LogP contribution in [0.4, 0.5) is 11.4 Å². The van der Waals surface area contributed by atoms with Crippen molar-refractivity contribution in [3.05, 3.63) is 83.6 Å². The van der Waals surface area contributed by atoms with Crippen molar-refractivity contribution in [2.75, 3.05) is 10.7 Å². The Balaban J connectivity index is 1.58. The van der Waals surface area contributed by atoms with Crippen LogP contribution in [0.5, 0.6) is 0 Å². The number of hydrogen-bond donors (Lipinski definition) is 0. The second-order valence-electron chi connectivity index (χ2n) is 7.60. The molecule has 2 aromatic carbocycles. The summed E-state index contributed by atoms with van der Waals surface area (Å²) < 4.78 is 0. The molecule has 0 radical (unpaired) electrons. The molecule has 0 spiro atoms. The van der Waals surface area contributed by atoms with Crippen LogP contribution in [0.1, 0.15) is 30.2 Å². The third-order valence-corrected chi connectivity index (χ3v) is 6.31. The van der Waals surface area contributed by atoms with E-state index in [1.54, 1.807) is 4.90 Å². The summed E-state index contributed by atoms with van der Waals surface area (Å²) in [4.78, 5) is 19.7. The lowest BCUT2D eigenvalue weighted by molar-refractivity contribution is -0.115. The Morgan fingerprint density at radius 2 is 1.77 bits per heavy atom. The fraction of sp³-hybridized carbons (Fsp3) is 0.240. The lowest BCUT2D eigenvalue weighted by Gasteiger charge is -2.23. The number of rotatable bonds is 5. The van der Waals surface area contributed by atoms with Crippen LogP contribution >= 0.6 is 11.8 Å². The van der Waals surface area contributed by atoms with Gasteiger partial charge in [-0.05, 0) is 61.1 Å². The minimum absolute atomic E-state index is 0.0468. The van der Waals surface area contributed by atoms with Gasteiger partial charge in [0.1, 0.15) is 11.1 Å². The molecular formula is C25H23N3OS. The normalized spacial score (nSPS) is 15.1. The number of carbonyl (C=O) groups is 1. The summed E-state index contributed by atoms with van der Waals surface area (Å²) >= 11 is 1.35. The van der Waals surface area contributed by atoms with Gasteiger partial charge in [0.2, 0.25) is 5.91 Å². The molecule has 30 heavy (non-hydrogen) atoms. The third kappa shape index (κ3) is 4.39. The standard InChI is InChI=1S/C25H23N3OS/c1-18-12-13-23-19(14-18)15-20(16-26)25(27-23)30-17-24(29)28(21-8-4-2-5-9-21)22-10-6-3-7-11-22/h2-11,15,18H,12-14,17H2,1H3/t18-/m1/s1. The van der Waals surface area contributed by atoms with Gasteiger partial charge in [-0.15, -0.1) is 0 Å². The summed E-state index contributed by atoms with van der Waals surface area (Å²) in [5.74, 6) is 0.784. The van der Waals surface area contributed by atoms with Crippen molar-refractivity contribution >= 4 is 29.0 Å². The fourth-order valence-electron chi connectivity index (χ4n) is 3.80. The van der Waals surface area contributed by atoms with E-state index in [0.29, 0.717) is 16.5 Å². The Bertz CT molecular complexity index is 1040. The maximum Gasteiger partial charge on any atom is 0.241 e. The Hall–Kier alpha value is -3.10. The molecule has 5 heteroatoms. The Morgan fingerprint density at radius 3 is 2.37 bits per heavy atom. The zero-order valence-corrected chi connectivity index (χ0v) is 17.7. The summed E-state index contributed by atoms with van der Waals surface area (Å²) in [6, 6.07) is 23.5. The molecule has 4 rings (SSSR count). The number of nitriles is 1. The van der Waals surface area contributed by atoms with Gasteiger partial charge in [-0.3, -0.25) is 9.69 Å². The number of nitrogens with zero attached hydrogens (tertiary/aromatic N) is 3. The number of amides is 1. The van der Waals surface area contributed by atoms with Crippen molar-refractivity contribution in [2.24, 2.45) is 5.92 Å². The molecule has 1 atom stereocenters. The molecule has 0 aliphatic heterocycles. The minimum atomic E-state index is -0.0468. The molecule has 3 aromatic rings. The third-order valence-electron chi connectivity index (χ3n) is 5.33. The van der Waals surface area contributed by atoms with Gasteiger partial charge in [-0.25, -0.2) is 4.98 Å². The number of thioether (sulfide) groups is 1. The highest BCUT2D eigenvalue weighted by Gasteiger charge is 2.22. The van der Waals surface area contributed by atoms with E-state index >= 15 is 0 Å². The van der Waals surface area contributed by atoms with E-state index in [1.165, 1.54) is 17.3 Å². The lowest BCUT2D eigenvalue weighted by atomic mass is 9.87. The van der Waals surface area contributed by atoms with E-state index in [9.17, 15) is 10.1 Å². The molecule has 1 heterocycles. The number of aromatic nitrogens is 1. The lowest BCUT2D eigenvalue weighted by Crippen LogP contribution is -2.27. The molecule has 0 unspecified atom stereocenters. The molecule has 1 amide bonds. The number of fused-ring (bicyclic) bond motifs is 1. The average Bonchev–Trinajstić information content (AvgIpc) is 2.78. The van der Waals surface area contributed by atoms with Crippen LogP contribution in [0.2, 0.25) is 0 Å². The SMILES string of the molecule is C[C@@H]1CCc2nc(SCC(=O)N(c3ccccc3)c3ccccc3)c(C#N)cc2C1. The van der Waals surface area contributed by atoms with E-state index in [0.717, 1.165) is 36.3 Å². The van der Waals surface area contributed by atoms with Gasteiger partial charge in [0.05, 0.1) is 11.3 Å². The first-order valence-corrected chi connectivity index (χ1v) is 11.1. The fourth-order valence-corrected chi connectivity index (χ4v) is 4.63. The monoisotopic (exact) mass is 413 g/mol. The average molecular weight is 414 g/mol. The van der Waals surface area contributed by atoms with Crippen molar-refractivity contribution in [1.29, 1.82) is 5.26 Å². The van der Waals surface area contributed by atoms with Crippen LogP contribution in [-0.4, -0.2) is 16.6 Å². The molecule has 0 N–H and O–H groups in total. The highest BCUT2D eigenvalue weighted by Crippen LogP contribution is 2.31. The summed E-state index contributed by atoms with van der Waals surface area (Å²) in [6.45, 7) is 2.23. The highest BCUT2D eigenvalue weighted by atomic mass is 32.2. The molecule has 0 bridgehead atoms. The number of carbonyl (C=O) groups excluding carboxylic acids is 1. The second-order valence-corrected chi connectivity index (χ2v) is 8.56. The van der Waals surface area contributed by atoms with Gasteiger partial charge < -0.3 is 0 Å². The highest BCUT2D eigenvalue weighted by molar-refractivity contribution is 8.00. The Labute approximate surface area is 181 Å². The molecule has 4 nitrogen and oxygen atoms in total. The topological polar surface area (TPSA) is 57.0 Å². The molecule has 0 saturated carbocycles. The number of aryl methyl sites for hydroxylation is 1. The van der Waals surface area contributed by atoms with Gasteiger partial charge in [-0.2, -0.15) is 5.26 Å². The van der Waals surface area contributed by atoms with Crippen molar-refractivity contribution in [2.45, 2.75) is 31.2 Å². The summed E-state index contributed by atoms with van der Waals surface area (Å²) in [5, 5.41) is 10.3. The predicted octanol–water partition coefficient (Wildman–Crippen LogP) is 5.54. The summed E-state index contributed by atoms with van der Waals surface area (Å²) in [5.41, 5.74) is 4.46. The van der Waals surface area contributed by atoms with Gasteiger partial charge in [0.25, 0.3) is 0 Å². The zero-order chi connectivity index (χ0) is 20.9. The number of anilines is 2. The number of pyridine rings is 1. The zero-order valence-electron chi connectivity index (χ0n) is 16.9. The molecule has 1 aromatic heterocycles. The first-order chi connectivity index (χ1) is 14.7. The van der Waals surface area contributed by atoms with Crippen LogP contribution in [0, 0.1) is 17.2 Å². The first-order valence-electron chi connectivity index (χ1n) is 10.1. The molecule has 0 saturated heterocycles. The smallest absolute Gasteiger partial charge is 0.241 e. The Kier molecular flexibility index (Phi) is 6.15. The van der Waals surface area contributed by atoms with Crippen molar-refractivity contribution in [3.8, 4) is 6.07 Å². The van der Waals surface area contributed by atoms with Crippen LogP contribution in [0.3, 0.4) is 0 Å². The van der Waals surface area contributed by atoms with Crippen LogP contribution in [0.25, 0.3) is 0 Å². The molecule has 0 fully saturated rings. The number of hydrogen-bond acceptors (Lipinski definition) is 4. The van der Waals surface area contributed by atoms with Crippen molar-refractivity contribution < 1.29 is 4.79 Å². The van der Waals surface area contributed by atoms with Gasteiger partial charge in [0, 0.05) is 17.1 Å². The first kappa shape index (κ1) is 20.2. The van der Waals surface area contributed by atoms with Crippen LogP contribution < -0.4 is 4.90 Å². The molecule has 1 aliphatic carbocycles. The number of para-hydroxylation sites is 2. The van der Waals surface area contributed by atoms with E-state index in [4.69, 9.17) is 4.98 Å². The van der Waals surface area contributed by atoms with Crippen LogP contribution in [0.15, 0.2) is 71.8 Å². The maximum absolute atomic E-state index is 13.2. The van der Waals surface area contributed by atoms with Crippen molar-refractivity contribution in [3.63, 3.8) is 0 Å². The van der Waals surface area contributed by atoms with Gasteiger partial charge >= 0.3 is 0 Å². The van der Waals surface area contributed by atoms with Crippen LogP contribution in [-0.2, 0) is 17.6 Å². The predicted molar refractivity (Wildman–Crippen MR) is 121 cm³/mol. The van der Waals surface area contributed by atoms with E-state index < -0.39 is 0 Å². The quantitative estimate of drug-likeness (QED) is 0.516. The molecular weight excluding hydrogens is 390 g/mol. The number of benzene rings is 2. The van der Waals surface area contributed by atoms with Gasteiger partial charge in [0.15, 0.2) is 0 Å². The minimum Gasteiger partial charge on any atom is -0.280 e. The second kappa shape index (κ2) is 9.15. The molecule has 1 aliphatic rings. The van der Waals surface area contributed by atoms with Gasteiger partial charge in [-0.1, -0.05) is 55.1 Å². The van der Waals surface area contributed by atoms with E-state index in [2.05, 4.69) is 13.0 Å². The molecule has 150 valence electrons.